The first-order chi connectivity index (χ1) is 12.6. The van der Waals surface area contributed by atoms with E-state index >= 15 is 0 Å². The molecule has 1 aliphatic rings. The lowest BCUT2D eigenvalue weighted by Crippen LogP contribution is -2.48. The smallest absolute Gasteiger partial charge is 0.219 e. The van der Waals surface area contributed by atoms with E-state index in [4.69, 9.17) is 9.72 Å². The first kappa shape index (κ1) is 16.8. The van der Waals surface area contributed by atoms with E-state index in [1.54, 1.807) is 25.4 Å². The molecule has 0 bridgehead atoms. The highest BCUT2D eigenvalue weighted by Gasteiger charge is 2.23. The highest BCUT2D eigenvalue weighted by Crippen LogP contribution is 2.33. The minimum Gasteiger partial charge on any atom is -0.497 e. The van der Waals surface area contributed by atoms with E-state index < -0.39 is 0 Å². The van der Waals surface area contributed by atoms with E-state index in [-0.39, 0.29) is 5.91 Å². The van der Waals surface area contributed by atoms with E-state index in [1.807, 2.05) is 40.8 Å². The Bertz CT molecular complexity index is 939. The number of piperazine rings is 1. The molecule has 26 heavy (non-hydrogen) atoms. The molecule has 3 heterocycles. The van der Waals surface area contributed by atoms with Crippen molar-refractivity contribution in [3.63, 3.8) is 0 Å². The van der Waals surface area contributed by atoms with Gasteiger partial charge in [0.15, 0.2) is 10.8 Å². The van der Waals surface area contributed by atoms with Gasteiger partial charge in [0.05, 0.1) is 23.2 Å². The molecule has 0 atom stereocenters. The summed E-state index contributed by atoms with van der Waals surface area (Å²) >= 11 is 1.67. The van der Waals surface area contributed by atoms with Crippen LogP contribution in [0.15, 0.2) is 24.3 Å². The number of aryl methyl sites for hydroxylation is 1. The Kier molecular flexibility index (Phi) is 4.28. The van der Waals surface area contributed by atoms with Crippen molar-refractivity contribution in [1.82, 2.24) is 19.7 Å². The van der Waals surface area contributed by atoms with E-state index in [0.717, 1.165) is 58.8 Å². The fourth-order valence-corrected chi connectivity index (χ4v) is 4.21. The maximum Gasteiger partial charge on any atom is 0.219 e. The van der Waals surface area contributed by atoms with Gasteiger partial charge in [-0.15, -0.1) is 0 Å². The standard InChI is InChI=1S/C18H21N5O2S/c1-12-16-17(23(20-12)14-4-6-15(25-3)7-5-14)19-18(26-16)22-10-8-21(9-11-22)13(2)24/h4-7H,8-11H2,1-3H3. The third-order valence-electron chi connectivity index (χ3n) is 4.69. The highest BCUT2D eigenvalue weighted by atomic mass is 32.1. The molecule has 1 aromatic carbocycles. The minimum absolute atomic E-state index is 0.139. The SMILES string of the molecule is COc1ccc(-n2nc(C)c3sc(N4CCN(C(C)=O)CC4)nc32)cc1. The van der Waals surface area contributed by atoms with Gasteiger partial charge in [0.2, 0.25) is 5.91 Å². The van der Waals surface area contributed by atoms with Crippen LogP contribution in [0.25, 0.3) is 16.0 Å². The topological polar surface area (TPSA) is 63.5 Å². The molecule has 0 N–H and O–H groups in total. The monoisotopic (exact) mass is 371 g/mol. The zero-order valence-electron chi connectivity index (χ0n) is 15.1. The van der Waals surface area contributed by atoms with Gasteiger partial charge in [-0.1, -0.05) is 11.3 Å². The Morgan fingerprint density at radius 1 is 1.15 bits per heavy atom. The quantitative estimate of drug-likeness (QED) is 0.708. The molecule has 0 saturated carbocycles. The Morgan fingerprint density at radius 3 is 2.46 bits per heavy atom. The molecule has 1 amide bonds. The van der Waals surface area contributed by atoms with Gasteiger partial charge < -0.3 is 14.5 Å². The van der Waals surface area contributed by atoms with Crippen LogP contribution < -0.4 is 9.64 Å². The van der Waals surface area contributed by atoms with Crippen molar-refractivity contribution in [2.45, 2.75) is 13.8 Å². The number of aromatic nitrogens is 3. The molecule has 0 aliphatic carbocycles. The van der Waals surface area contributed by atoms with Crippen molar-refractivity contribution in [2.75, 3.05) is 38.2 Å². The molecule has 0 spiro atoms. The van der Waals surface area contributed by atoms with Gasteiger partial charge >= 0.3 is 0 Å². The molecule has 3 aromatic rings. The number of hydrogen-bond acceptors (Lipinski definition) is 6. The second-order valence-corrected chi connectivity index (χ2v) is 7.32. The van der Waals surface area contributed by atoms with E-state index in [1.165, 1.54) is 0 Å². The molecule has 136 valence electrons. The summed E-state index contributed by atoms with van der Waals surface area (Å²) in [6.45, 7) is 6.75. The summed E-state index contributed by atoms with van der Waals surface area (Å²) in [6, 6.07) is 7.81. The second kappa shape index (κ2) is 6.60. The van der Waals surface area contributed by atoms with Crippen LogP contribution in [-0.2, 0) is 4.79 Å². The molecular weight excluding hydrogens is 350 g/mol. The Hall–Kier alpha value is -2.61. The number of carbonyl (C=O) groups is 1. The predicted octanol–water partition coefficient (Wildman–Crippen LogP) is 2.47. The van der Waals surface area contributed by atoms with Crippen LogP contribution in [0, 0.1) is 6.92 Å². The maximum atomic E-state index is 11.5. The molecule has 8 heteroatoms. The van der Waals surface area contributed by atoms with E-state index in [2.05, 4.69) is 10.00 Å². The summed E-state index contributed by atoms with van der Waals surface area (Å²) in [6.07, 6.45) is 0. The Labute approximate surface area is 155 Å². The Balaban J connectivity index is 1.64. The van der Waals surface area contributed by atoms with Crippen molar-refractivity contribution < 1.29 is 9.53 Å². The van der Waals surface area contributed by atoms with E-state index in [0.29, 0.717) is 0 Å². The number of carbonyl (C=O) groups excluding carboxylic acids is 1. The number of thiazole rings is 1. The van der Waals surface area contributed by atoms with Crippen LogP contribution >= 0.6 is 11.3 Å². The molecule has 1 aliphatic heterocycles. The number of methoxy groups -OCH3 is 1. The molecule has 1 saturated heterocycles. The van der Waals surface area contributed by atoms with Gasteiger partial charge in [-0.05, 0) is 31.2 Å². The van der Waals surface area contributed by atoms with Crippen LogP contribution in [0.2, 0.25) is 0 Å². The lowest BCUT2D eigenvalue weighted by molar-refractivity contribution is -0.129. The van der Waals surface area contributed by atoms with Gasteiger partial charge in [0.1, 0.15) is 5.75 Å². The van der Waals surface area contributed by atoms with Crippen molar-refractivity contribution >= 4 is 32.7 Å². The number of hydrogen-bond donors (Lipinski definition) is 0. The van der Waals surface area contributed by atoms with Gasteiger partial charge in [-0.2, -0.15) is 10.1 Å². The van der Waals surface area contributed by atoms with E-state index in [9.17, 15) is 4.79 Å². The summed E-state index contributed by atoms with van der Waals surface area (Å²) in [7, 11) is 1.66. The number of anilines is 1. The average Bonchev–Trinajstić information content (AvgIpc) is 3.23. The summed E-state index contributed by atoms with van der Waals surface area (Å²) in [5, 5.41) is 5.64. The Morgan fingerprint density at radius 2 is 1.85 bits per heavy atom. The summed E-state index contributed by atoms with van der Waals surface area (Å²) in [5.41, 5.74) is 2.81. The van der Waals surface area contributed by atoms with Gasteiger partial charge in [-0.25, -0.2) is 4.68 Å². The van der Waals surface area contributed by atoms with Crippen LogP contribution in [0.5, 0.6) is 5.75 Å². The first-order valence-electron chi connectivity index (χ1n) is 8.58. The number of fused-ring (bicyclic) bond motifs is 1. The first-order valence-corrected chi connectivity index (χ1v) is 9.39. The van der Waals surface area contributed by atoms with Crippen molar-refractivity contribution in [3.05, 3.63) is 30.0 Å². The molecule has 0 unspecified atom stereocenters. The van der Waals surface area contributed by atoms with Crippen LogP contribution in [0.3, 0.4) is 0 Å². The fraction of sp³-hybridized carbons (Fsp3) is 0.389. The number of nitrogens with zero attached hydrogens (tertiary/aromatic N) is 5. The molecule has 4 rings (SSSR count). The van der Waals surface area contributed by atoms with Crippen LogP contribution in [-0.4, -0.2) is 58.9 Å². The van der Waals surface area contributed by atoms with Crippen LogP contribution in [0.4, 0.5) is 5.13 Å². The number of ether oxygens (including phenoxy) is 1. The number of rotatable bonds is 3. The third kappa shape index (κ3) is 2.90. The lowest BCUT2D eigenvalue weighted by atomic mass is 10.3. The minimum atomic E-state index is 0.139. The summed E-state index contributed by atoms with van der Waals surface area (Å²) in [5.74, 6) is 0.955. The zero-order chi connectivity index (χ0) is 18.3. The second-order valence-electron chi connectivity index (χ2n) is 6.34. The third-order valence-corrected chi connectivity index (χ3v) is 5.90. The molecule has 2 aromatic heterocycles. The highest BCUT2D eigenvalue weighted by molar-refractivity contribution is 7.22. The van der Waals surface area contributed by atoms with Crippen molar-refractivity contribution in [1.29, 1.82) is 0 Å². The van der Waals surface area contributed by atoms with Gasteiger partial charge in [0.25, 0.3) is 0 Å². The fourth-order valence-electron chi connectivity index (χ4n) is 3.17. The maximum absolute atomic E-state index is 11.5. The largest absolute Gasteiger partial charge is 0.497 e. The number of amides is 1. The normalized spacial score (nSPS) is 14.9. The molecule has 0 radical (unpaired) electrons. The lowest BCUT2D eigenvalue weighted by Gasteiger charge is -2.33. The van der Waals surface area contributed by atoms with Gasteiger partial charge in [0, 0.05) is 33.1 Å². The summed E-state index contributed by atoms with van der Waals surface area (Å²) < 4.78 is 8.22. The molecule has 1 fully saturated rings. The summed E-state index contributed by atoms with van der Waals surface area (Å²) in [4.78, 5) is 20.5. The molecule has 7 nitrogen and oxygen atoms in total. The van der Waals surface area contributed by atoms with Crippen molar-refractivity contribution in [3.8, 4) is 11.4 Å². The van der Waals surface area contributed by atoms with Crippen molar-refractivity contribution in [2.24, 2.45) is 0 Å². The van der Waals surface area contributed by atoms with Crippen LogP contribution in [0.1, 0.15) is 12.6 Å². The molecular formula is C18H21N5O2S. The predicted molar refractivity (Wildman–Crippen MR) is 102 cm³/mol. The number of benzene rings is 1. The van der Waals surface area contributed by atoms with Gasteiger partial charge in [-0.3, -0.25) is 4.79 Å². The zero-order valence-corrected chi connectivity index (χ0v) is 15.9. The average molecular weight is 371 g/mol.